The number of anilines is 1. The van der Waals surface area contributed by atoms with Crippen molar-refractivity contribution in [1.82, 2.24) is 15.3 Å². The molecular weight excluding hydrogens is 300 g/mol. The summed E-state index contributed by atoms with van der Waals surface area (Å²) in [4.78, 5) is 13.0. The second-order valence-electron chi connectivity index (χ2n) is 6.07. The van der Waals surface area contributed by atoms with Crippen LogP contribution in [-0.4, -0.2) is 23.1 Å². The first-order chi connectivity index (χ1) is 10.3. The molecule has 2 aliphatic rings. The first-order valence-corrected chi connectivity index (χ1v) is 9.36. The lowest BCUT2D eigenvalue weighted by molar-refractivity contribution is 0.688. The van der Waals surface area contributed by atoms with E-state index in [1.807, 2.05) is 16.8 Å². The minimum atomic E-state index is 0.721. The van der Waals surface area contributed by atoms with Crippen LogP contribution in [0.25, 0.3) is 0 Å². The minimum absolute atomic E-state index is 0.721. The molecule has 2 aliphatic carbocycles. The summed E-state index contributed by atoms with van der Waals surface area (Å²) in [6, 6.07) is 0.760. The molecule has 4 nitrogen and oxygen atoms in total. The third-order valence-corrected chi connectivity index (χ3v) is 5.84. The standard InChI is InChI=1S/C15H20N4S2/c1-19(7-12-8-20-9-17-12)15-18-14(10-2-3-10)13(21-15)6-16-11-4-5-11/h8-11,16H,2-7H2,1H3. The number of nitrogens with zero attached hydrogens (tertiary/aromatic N) is 3. The Balaban J connectivity index is 1.49. The van der Waals surface area contributed by atoms with Crippen LogP contribution in [0.15, 0.2) is 10.9 Å². The van der Waals surface area contributed by atoms with E-state index in [2.05, 4.69) is 27.6 Å². The molecule has 2 aromatic rings. The van der Waals surface area contributed by atoms with E-state index in [1.54, 1.807) is 11.3 Å². The van der Waals surface area contributed by atoms with E-state index in [0.717, 1.165) is 35.9 Å². The molecule has 0 spiro atoms. The molecule has 6 heteroatoms. The Hall–Kier alpha value is -0.980. The molecule has 2 saturated carbocycles. The smallest absolute Gasteiger partial charge is 0.185 e. The van der Waals surface area contributed by atoms with E-state index in [-0.39, 0.29) is 0 Å². The fraction of sp³-hybridized carbons (Fsp3) is 0.600. The van der Waals surface area contributed by atoms with E-state index in [9.17, 15) is 0 Å². The summed E-state index contributed by atoms with van der Waals surface area (Å²) in [7, 11) is 2.12. The number of hydrogen-bond acceptors (Lipinski definition) is 6. The first kappa shape index (κ1) is 13.7. The summed E-state index contributed by atoms with van der Waals surface area (Å²) in [6.45, 7) is 1.84. The van der Waals surface area contributed by atoms with Crippen LogP contribution in [0.3, 0.4) is 0 Å². The van der Waals surface area contributed by atoms with Crippen molar-refractivity contribution in [2.24, 2.45) is 0 Å². The summed E-state index contributed by atoms with van der Waals surface area (Å²) in [5.74, 6) is 0.721. The van der Waals surface area contributed by atoms with E-state index >= 15 is 0 Å². The lowest BCUT2D eigenvalue weighted by atomic mass is 10.2. The van der Waals surface area contributed by atoms with Gasteiger partial charge in [-0.05, 0) is 25.7 Å². The molecule has 0 aliphatic heterocycles. The van der Waals surface area contributed by atoms with Crippen molar-refractivity contribution in [2.75, 3.05) is 11.9 Å². The SMILES string of the molecule is CN(Cc1cscn1)c1nc(C2CC2)c(CNC2CC2)s1. The van der Waals surface area contributed by atoms with Crippen LogP contribution in [-0.2, 0) is 13.1 Å². The molecule has 0 bridgehead atoms. The molecular formula is C15H20N4S2. The maximum atomic E-state index is 4.93. The maximum Gasteiger partial charge on any atom is 0.185 e. The van der Waals surface area contributed by atoms with Gasteiger partial charge in [0.2, 0.25) is 0 Å². The Morgan fingerprint density at radius 1 is 1.33 bits per heavy atom. The molecule has 0 saturated heterocycles. The van der Waals surface area contributed by atoms with Gasteiger partial charge < -0.3 is 10.2 Å². The summed E-state index contributed by atoms with van der Waals surface area (Å²) < 4.78 is 0. The summed E-state index contributed by atoms with van der Waals surface area (Å²) >= 11 is 3.51. The van der Waals surface area contributed by atoms with E-state index in [4.69, 9.17) is 4.98 Å². The number of nitrogens with one attached hydrogen (secondary N) is 1. The van der Waals surface area contributed by atoms with Gasteiger partial charge in [0.15, 0.2) is 5.13 Å². The van der Waals surface area contributed by atoms with Gasteiger partial charge in [-0.2, -0.15) is 0 Å². The Morgan fingerprint density at radius 3 is 2.86 bits per heavy atom. The second-order valence-corrected chi connectivity index (χ2v) is 7.85. The molecule has 21 heavy (non-hydrogen) atoms. The van der Waals surface area contributed by atoms with Crippen LogP contribution in [0.4, 0.5) is 5.13 Å². The zero-order valence-electron chi connectivity index (χ0n) is 12.2. The van der Waals surface area contributed by atoms with Gasteiger partial charge in [-0.1, -0.05) is 0 Å². The van der Waals surface area contributed by atoms with Crippen LogP contribution < -0.4 is 10.2 Å². The predicted molar refractivity (Wildman–Crippen MR) is 88.2 cm³/mol. The highest BCUT2D eigenvalue weighted by atomic mass is 32.1. The normalized spacial score (nSPS) is 18.1. The van der Waals surface area contributed by atoms with Crippen molar-refractivity contribution in [3.63, 3.8) is 0 Å². The Bertz CT molecular complexity index is 599. The predicted octanol–water partition coefficient (Wildman–Crippen LogP) is 3.37. The van der Waals surface area contributed by atoms with E-state index < -0.39 is 0 Å². The van der Waals surface area contributed by atoms with Crippen molar-refractivity contribution in [3.8, 4) is 0 Å². The highest BCUT2D eigenvalue weighted by Crippen LogP contribution is 2.44. The Morgan fingerprint density at radius 2 is 2.19 bits per heavy atom. The topological polar surface area (TPSA) is 41.1 Å². The molecule has 2 fully saturated rings. The zero-order valence-corrected chi connectivity index (χ0v) is 13.8. The molecule has 0 unspecified atom stereocenters. The molecule has 4 rings (SSSR count). The minimum Gasteiger partial charge on any atom is -0.345 e. The van der Waals surface area contributed by atoms with Crippen molar-refractivity contribution in [3.05, 3.63) is 27.2 Å². The van der Waals surface area contributed by atoms with Crippen LogP contribution in [0.1, 0.15) is 47.9 Å². The lowest BCUT2D eigenvalue weighted by Gasteiger charge is -2.13. The van der Waals surface area contributed by atoms with Crippen molar-refractivity contribution in [2.45, 2.75) is 50.7 Å². The van der Waals surface area contributed by atoms with Crippen LogP contribution >= 0.6 is 22.7 Å². The zero-order chi connectivity index (χ0) is 14.2. The number of rotatable bonds is 7. The van der Waals surface area contributed by atoms with Gasteiger partial charge in [0.25, 0.3) is 0 Å². The number of hydrogen-bond donors (Lipinski definition) is 1. The van der Waals surface area contributed by atoms with Crippen molar-refractivity contribution >= 4 is 27.8 Å². The van der Waals surface area contributed by atoms with E-state index in [0.29, 0.717) is 0 Å². The first-order valence-electron chi connectivity index (χ1n) is 7.61. The van der Waals surface area contributed by atoms with Crippen molar-refractivity contribution < 1.29 is 0 Å². The van der Waals surface area contributed by atoms with Gasteiger partial charge in [-0.3, -0.25) is 0 Å². The monoisotopic (exact) mass is 320 g/mol. The summed E-state index contributed by atoms with van der Waals surface area (Å²) in [6.07, 6.45) is 5.31. The molecule has 2 heterocycles. The lowest BCUT2D eigenvalue weighted by Crippen LogP contribution is -2.16. The largest absolute Gasteiger partial charge is 0.345 e. The van der Waals surface area contributed by atoms with Gasteiger partial charge in [0.05, 0.1) is 23.4 Å². The van der Waals surface area contributed by atoms with Gasteiger partial charge in [0, 0.05) is 35.8 Å². The molecule has 2 aromatic heterocycles. The molecule has 0 radical (unpaired) electrons. The molecule has 1 N–H and O–H groups in total. The van der Waals surface area contributed by atoms with Gasteiger partial charge in [-0.15, -0.1) is 22.7 Å². The Labute approximate surface area is 133 Å². The fourth-order valence-corrected chi connectivity index (χ4v) is 4.07. The van der Waals surface area contributed by atoms with Crippen LogP contribution in [0, 0.1) is 0 Å². The third-order valence-electron chi connectivity index (χ3n) is 4.02. The summed E-state index contributed by atoms with van der Waals surface area (Å²) in [5.41, 5.74) is 4.38. The quantitative estimate of drug-likeness (QED) is 0.849. The van der Waals surface area contributed by atoms with Gasteiger partial charge >= 0.3 is 0 Å². The average Bonchev–Trinajstić information content (AvgIpc) is 3.40. The van der Waals surface area contributed by atoms with Crippen LogP contribution in [0.5, 0.6) is 0 Å². The van der Waals surface area contributed by atoms with Crippen molar-refractivity contribution in [1.29, 1.82) is 0 Å². The maximum absolute atomic E-state index is 4.93. The Kier molecular flexibility index (Phi) is 3.69. The highest BCUT2D eigenvalue weighted by Gasteiger charge is 2.31. The third kappa shape index (κ3) is 3.27. The van der Waals surface area contributed by atoms with E-state index in [1.165, 1.54) is 36.3 Å². The number of aromatic nitrogens is 2. The summed E-state index contributed by atoms with van der Waals surface area (Å²) in [5, 5.41) is 6.88. The van der Waals surface area contributed by atoms with Gasteiger partial charge in [0.1, 0.15) is 0 Å². The van der Waals surface area contributed by atoms with Gasteiger partial charge in [-0.25, -0.2) is 9.97 Å². The molecule has 0 aromatic carbocycles. The van der Waals surface area contributed by atoms with Crippen LogP contribution in [0.2, 0.25) is 0 Å². The number of thiazole rings is 2. The molecule has 112 valence electrons. The highest BCUT2D eigenvalue weighted by molar-refractivity contribution is 7.15. The molecule has 0 atom stereocenters. The average molecular weight is 320 g/mol. The molecule has 0 amide bonds. The fourth-order valence-electron chi connectivity index (χ4n) is 2.47. The second kappa shape index (κ2) is 5.66.